The fourth-order valence-electron chi connectivity index (χ4n) is 7.36. The Balaban J connectivity index is 1.21. The van der Waals surface area contributed by atoms with Gasteiger partial charge in [-0.1, -0.05) is 135 Å². The SMILES string of the molecule is CC1(C)c2ccccc2-c2ccc3c4ccccc4n(-c4cccc(Sc5nc(-c6ccccc6)cc(-c6ccccc6)n5)c4)c3c21. The van der Waals surface area contributed by atoms with Gasteiger partial charge in [-0.25, -0.2) is 9.97 Å². The lowest BCUT2D eigenvalue weighted by Gasteiger charge is -2.23. The Hall–Kier alpha value is -5.45. The van der Waals surface area contributed by atoms with Crippen LogP contribution in [0.2, 0.25) is 0 Å². The fourth-order valence-corrected chi connectivity index (χ4v) is 8.18. The number of nitrogens with zero attached hydrogens (tertiary/aromatic N) is 3. The third kappa shape index (κ3) is 4.51. The zero-order valence-electron chi connectivity index (χ0n) is 26.2. The summed E-state index contributed by atoms with van der Waals surface area (Å²) in [6, 6.07) is 53.9. The van der Waals surface area contributed by atoms with Gasteiger partial charge in [-0.05, 0) is 64.3 Å². The van der Waals surface area contributed by atoms with Crippen molar-refractivity contribution < 1.29 is 0 Å². The van der Waals surface area contributed by atoms with Gasteiger partial charge in [0.05, 0.1) is 22.4 Å². The summed E-state index contributed by atoms with van der Waals surface area (Å²) < 4.78 is 2.47. The molecule has 4 heteroatoms. The summed E-state index contributed by atoms with van der Waals surface area (Å²) in [6.45, 7) is 4.74. The van der Waals surface area contributed by atoms with E-state index in [1.807, 2.05) is 12.1 Å². The summed E-state index contributed by atoms with van der Waals surface area (Å²) in [4.78, 5) is 11.2. The van der Waals surface area contributed by atoms with Crippen LogP contribution in [0.15, 0.2) is 162 Å². The first-order valence-corrected chi connectivity index (χ1v) is 16.8. The van der Waals surface area contributed by atoms with Crippen molar-refractivity contribution >= 4 is 33.6 Å². The van der Waals surface area contributed by atoms with Gasteiger partial charge in [0.25, 0.3) is 0 Å². The lowest BCUT2D eigenvalue weighted by molar-refractivity contribution is 0.664. The highest BCUT2D eigenvalue weighted by atomic mass is 32.2. The summed E-state index contributed by atoms with van der Waals surface area (Å²) >= 11 is 1.61. The molecule has 0 unspecified atom stereocenters. The molecular formula is C43H31N3S. The third-order valence-corrected chi connectivity index (χ3v) is 10.3. The van der Waals surface area contributed by atoms with Gasteiger partial charge in [0.1, 0.15) is 0 Å². The van der Waals surface area contributed by atoms with E-state index in [2.05, 4.69) is 158 Å². The maximum atomic E-state index is 5.05. The normalized spacial score (nSPS) is 13.1. The van der Waals surface area contributed by atoms with Crippen LogP contribution in [0, 0.1) is 0 Å². The smallest absolute Gasteiger partial charge is 0.193 e. The molecule has 9 rings (SSSR count). The molecule has 8 aromatic rings. The maximum absolute atomic E-state index is 5.05. The molecule has 47 heavy (non-hydrogen) atoms. The monoisotopic (exact) mass is 621 g/mol. The van der Waals surface area contributed by atoms with Crippen molar-refractivity contribution in [2.75, 3.05) is 0 Å². The number of benzene rings is 6. The molecule has 2 heterocycles. The average molecular weight is 622 g/mol. The number of fused-ring (bicyclic) bond motifs is 7. The van der Waals surface area contributed by atoms with Gasteiger partial charge in [-0.2, -0.15) is 0 Å². The van der Waals surface area contributed by atoms with E-state index < -0.39 is 0 Å². The molecule has 2 aromatic heterocycles. The molecule has 0 bridgehead atoms. The second-order valence-corrected chi connectivity index (χ2v) is 13.7. The largest absolute Gasteiger partial charge is 0.309 e. The standard InChI is InChI=1S/C43H31N3S/c1-43(2)36-22-11-9-20-32(36)34-24-25-35-33-21-10-12-23-39(33)46(41(35)40(34)43)30-18-13-19-31(26-30)47-42-44-37(28-14-5-3-6-15-28)27-38(45-42)29-16-7-4-8-17-29/h3-27H,1-2H3. The van der Waals surface area contributed by atoms with Crippen LogP contribution >= 0.6 is 11.8 Å². The molecule has 0 radical (unpaired) electrons. The lowest BCUT2D eigenvalue weighted by Crippen LogP contribution is -2.16. The topological polar surface area (TPSA) is 30.7 Å². The first-order chi connectivity index (χ1) is 23.1. The van der Waals surface area contributed by atoms with Crippen LogP contribution in [0.1, 0.15) is 25.0 Å². The molecule has 1 aliphatic rings. The van der Waals surface area contributed by atoms with Crippen LogP contribution < -0.4 is 0 Å². The minimum Gasteiger partial charge on any atom is -0.309 e. The molecular weight excluding hydrogens is 591 g/mol. The molecule has 0 saturated heterocycles. The molecule has 0 amide bonds. The molecule has 3 nitrogen and oxygen atoms in total. The highest BCUT2D eigenvalue weighted by Gasteiger charge is 2.38. The van der Waals surface area contributed by atoms with Crippen LogP contribution in [-0.2, 0) is 5.41 Å². The second kappa shape index (κ2) is 10.8. The number of para-hydroxylation sites is 1. The Kier molecular flexibility index (Phi) is 6.41. The highest BCUT2D eigenvalue weighted by molar-refractivity contribution is 7.99. The van der Waals surface area contributed by atoms with Gasteiger partial charge in [-0.15, -0.1) is 0 Å². The predicted octanol–water partition coefficient (Wildman–Crippen LogP) is 11.4. The molecule has 0 spiro atoms. The lowest BCUT2D eigenvalue weighted by atomic mass is 9.81. The van der Waals surface area contributed by atoms with Gasteiger partial charge in [0, 0.05) is 37.9 Å². The number of aromatic nitrogens is 3. The minimum atomic E-state index is -0.135. The van der Waals surface area contributed by atoms with Gasteiger partial charge in [-0.3, -0.25) is 0 Å². The average Bonchev–Trinajstić information content (AvgIpc) is 3.58. The maximum Gasteiger partial charge on any atom is 0.193 e. The van der Waals surface area contributed by atoms with Crippen LogP contribution in [0.4, 0.5) is 0 Å². The zero-order chi connectivity index (χ0) is 31.5. The van der Waals surface area contributed by atoms with Crippen molar-refractivity contribution in [3.8, 4) is 39.3 Å². The van der Waals surface area contributed by atoms with Gasteiger partial charge < -0.3 is 4.57 Å². The first kappa shape index (κ1) is 27.8. The van der Waals surface area contributed by atoms with Crippen molar-refractivity contribution in [2.45, 2.75) is 29.3 Å². The van der Waals surface area contributed by atoms with E-state index in [4.69, 9.17) is 9.97 Å². The van der Waals surface area contributed by atoms with Crippen molar-refractivity contribution in [2.24, 2.45) is 0 Å². The van der Waals surface area contributed by atoms with E-state index in [-0.39, 0.29) is 5.41 Å². The molecule has 0 N–H and O–H groups in total. The molecule has 6 aromatic carbocycles. The molecule has 0 atom stereocenters. The van der Waals surface area contributed by atoms with E-state index in [9.17, 15) is 0 Å². The second-order valence-electron chi connectivity index (χ2n) is 12.7. The summed E-state index contributed by atoms with van der Waals surface area (Å²) in [5.74, 6) is 0. The Morgan fingerprint density at radius 1 is 0.553 bits per heavy atom. The van der Waals surface area contributed by atoms with E-state index >= 15 is 0 Å². The summed E-state index contributed by atoms with van der Waals surface area (Å²) in [7, 11) is 0. The quantitative estimate of drug-likeness (QED) is 0.179. The molecule has 1 aliphatic carbocycles. The van der Waals surface area contributed by atoms with Gasteiger partial charge in [0.2, 0.25) is 0 Å². The summed E-state index contributed by atoms with van der Waals surface area (Å²) in [6.07, 6.45) is 0. The van der Waals surface area contributed by atoms with Gasteiger partial charge >= 0.3 is 0 Å². The van der Waals surface area contributed by atoms with Crippen LogP contribution in [-0.4, -0.2) is 14.5 Å². The van der Waals surface area contributed by atoms with E-state index in [1.54, 1.807) is 11.8 Å². The predicted molar refractivity (Wildman–Crippen MR) is 195 cm³/mol. The Labute approximate surface area is 278 Å². The van der Waals surface area contributed by atoms with Crippen molar-refractivity contribution in [1.82, 2.24) is 14.5 Å². The first-order valence-electron chi connectivity index (χ1n) is 16.0. The summed E-state index contributed by atoms with van der Waals surface area (Å²) in [5.41, 5.74) is 12.9. The number of rotatable bonds is 5. The van der Waals surface area contributed by atoms with Crippen LogP contribution in [0.5, 0.6) is 0 Å². The van der Waals surface area contributed by atoms with E-state index in [1.165, 1.54) is 44.1 Å². The van der Waals surface area contributed by atoms with Crippen LogP contribution in [0.3, 0.4) is 0 Å². The summed E-state index contributed by atoms with van der Waals surface area (Å²) in [5, 5.41) is 3.27. The Morgan fingerprint density at radius 2 is 1.21 bits per heavy atom. The molecule has 224 valence electrons. The number of hydrogen-bond acceptors (Lipinski definition) is 3. The van der Waals surface area contributed by atoms with Crippen molar-refractivity contribution in [3.63, 3.8) is 0 Å². The molecule has 0 saturated carbocycles. The van der Waals surface area contributed by atoms with Crippen LogP contribution in [0.25, 0.3) is 61.1 Å². The zero-order valence-corrected chi connectivity index (χ0v) is 27.0. The third-order valence-electron chi connectivity index (χ3n) is 9.48. The van der Waals surface area contributed by atoms with E-state index in [0.717, 1.165) is 38.3 Å². The van der Waals surface area contributed by atoms with Gasteiger partial charge in [0.15, 0.2) is 5.16 Å². The minimum absolute atomic E-state index is 0.135. The molecule has 0 fully saturated rings. The highest BCUT2D eigenvalue weighted by Crippen LogP contribution is 2.53. The molecule has 0 aliphatic heterocycles. The van der Waals surface area contributed by atoms with Crippen molar-refractivity contribution in [1.29, 1.82) is 0 Å². The Morgan fingerprint density at radius 3 is 1.96 bits per heavy atom. The van der Waals surface area contributed by atoms with Crippen molar-refractivity contribution in [3.05, 3.63) is 163 Å². The number of hydrogen-bond donors (Lipinski definition) is 0. The van der Waals surface area contributed by atoms with E-state index in [0.29, 0.717) is 0 Å². The fraction of sp³-hybridized carbons (Fsp3) is 0.0698. The Bertz CT molecular complexity index is 2400.